The minimum atomic E-state index is -1.21. The molecular formula is C16H22BClN2O7. The molecule has 0 aromatic heterocycles. The smallest absolute Gasteiger partial charge is 0.522 e. The van der Waals surface area contributed by atoms with Gasteiger partial charge < -0.3 is 35.3 Å². The monoisotopic (exact) mass is 400 g/mol. The summed E-state index contributed by atoms with van der Waals surface area (Å²) in [5.41, 5.74) is 6.19. The Morgan fingerprint density at radius 1 is 1.41 bits per heavy atom. The van der Waals surface area contributed by atoms with Crippen LogP contribution in [0.1, 0.15) is 22.8 Å². The summed E-state index contributed by atoms with van der Waals surface area (Å²) in [4.78, 5) is 25.1. The number of carbonyl (C=O) groups excluding carboxylic acids is 1. The van der Waals surface area contributed by atoms with Crippen molar-refractivity contribution in [1.82, 2.24) is 4.90 Å². The second-order valence-electron chi connectivity index (χ2n) is 6.59. The van der Waals surface area contributed by atoms with E-state index in [0.29, 0.717) is 18.3 Å². The Balaban J connectivity index is 0.00000261. The molecule has 2 unspecified atom stereocenters. The van der Waals surface area contributed by atoms with Crippen molar-refractivity contribution < 1.29 is 34.2 Å². The molecule has 1 fully saturated rings. The average molecular weight is 401 g/mol. The number of aromatic carboxylic acids is 1. The minimum Gasteiger partial charge on any atom is -0.535 e. The van der Waals surface area contributed by atoms with Crippen LogP contribution in [0.5, 0.6) is 11.5 Å². The molecule has 0 bridgehead atoms. The molecule has 1 aromatic carbocycles. The molecule has 1 amide bonds. The molecule has 0 aliphatic carbocycles. The van der Waals surface area contributed by atoms with Crippen LogP contribution >= 0.6 is 12.4 Å². The number of amides is 1. The zero-order valence-electron chi connectivity index (χ0n) is 14.7. The van der Waals surface area contributed by atoms with Crippen LogP contribution in [0.25, 0.3) is 0 Å². The van der Waals surface area contributed by atoms with Crippen LogP contribution in [0.15, 0.2) is 12.1 Å². The lowest BCUT2D eigenvalue weighted by Crippen LogP contribution is -2.61. The molecule has 1 aromatic rings. The minimum absolute atomic E-state index is 0. The summed E-state index contributed by atoms with van der Waals surface area (Å²) in [6, 6.07) is 2.28. The average Bonchev–Trinajstić information content (AvgIpc) is 2.55. The first-order valence-corrected chi connectivity index (χ1v) is 8.41. The fraction of sp³-hybridized carbons (Fsp3) is 0.500. The van der Waals surface area contributed by atoms with E-state index in [9.17, 15) is 24.8 Å². The molecule has 5 N–H and O–H groups in total. The number of carboxylic acid groups (broad SMARTS) is 1. The van der Waals surface area contributed by atoms with E-state index >= 15 is 0 Å². The van der Waals surface area contributed by atoms with Gasteiger partial charge in [0.1, 0.15) is 29.2 Å². The van der Waals surface area contributed by atoms with Crippen molar-refractivity contribution in [2.75, 3.05) is 13.1 Å². The standard InChI is InChI=1S/C16H21BN2O7.ClH/c1-8(20)13(18)15(21)19-6-10(7-19)25-11-3-2-9-4-5-17(24)26-14(9)12(11)16(22)23;/h2-3,8,10,13,20,24H,4-7,18H2,1H3,(H,22,23);1H. The van der Waals surface area contributed by atoms with E-state index in [0.717, 1.165) is 0 Å². The third kappa shape index (κ3) is 4.29. The topological polar surface area (TPSA) is 143 Å². The first kappa shape index (κ1) is 21.3. The number of carboxylic acids is 1. The Morgan fingerprint density at radius 3 is 2.67 bits per heavy atom. The zero-order valence-corrected chi connectivity index (χ0v) is 15.5. The summed E-state index contributed by atoms with van der Waals surface area (Å²) in [5, 5.41) is 28.6. The molecule has 2 aliphatic rings. The number of aliphatic hydroxyl groups excluding tert-OH is 1. The van der Waals surface area contributed by atoms with Gasteiger partial charge in [-0.05, 0) is 31.3 Å². The molecule has 0 saturated carbocycles. The van der Waals surface area contributed by atoms with Crippen LogP contribution < -0.4 is 15.1 Å². The van der Waals surface area contributed by atoms with Crippen molar-refractivity contribution in [3.63, 3.8) is 0 Å². The van der Waals surface area contributed by atoms with Gasteiger partial charge in [0, 0.05) is 0 Å². The molecule has 0 spiro atoms. The number of aryl methyl sites for hydroxylation is 1. The highest BCUT2D eigenvalue weighted by Crippen LogP contribution is 2.37. The Kier molecular flexibility index (Phi) is 6.58. The zero-order chi connectivity index (χ0) is 19.0. The number of nitrogens with two attached hydrogens (primary N) is 1. The van der Waals surface area contributed by atoms with Crippen molar-refractivity contribution in [2.24, 2.45) is 5.73 Å². The van der Waals surface area contributed by atoms with Gasteiger partial charge in [-0.15, -0.1) is 12.4 Å². The maximum Gasteiger partial charge on any atom is 0.522 e. The van der Waals surface area contributed by atoms with Crippen molar-refractivity contribution in [2.45, 2.75) is 37.9 Å². The largest absolute Gasteiger partial charge is 0.535 e. The second-order valence-corrected chi connectivity index (χ2v) is 6.59. The number of rotatable bonds is 5. The summed E-state index contributed by atoms with van der Waals surface area (Å²) >= 11 is 0. The highest BCUT2D eigenvalue weighted by molar-refractivity contribution is 6.44. The number of likely N-dealkylation sites (tertiary alicyclic amines) is 1. The van der Waals surface area contributed by atoms with Crippen molar-refractivity contribution in [3.8, 4) is 11.5 Å². The third-order valence-electron chi connectivity index (χ3n) is 4.59. The summed E-state index contributed by atoms with van der Waals surface area (Å²) < 4.78 is 11.0. The van der Waals surface area contributed by atoms with Gasteiger partial charge >= 0.3 is 13.1 Å². The van der Waals surface area contributed by atoms with Gasteiger partial charge in [0.05, 0.1) is 19.2 Å². The number of halogens is 1. The quantitative estimate of drug-likeness (QED) is 0.485. The number of hydrogen-bond acceptors (Lipinski definition) is 7. The van der Waals surface area contributed by atoms with E-state index < -0.39 is 25.2 Å². The van der Waals surface area contributed by atoms with E-state index in [1.54, 1.807) is 12.1 Å². The first-order chi connectivity index (χ1) is 12.3. The summed E-state index contributed by atoms with van der Waals surface area (Å²) in [7, 11) is -1.05. The van der Waals surface area contributed by atoms with E-state index in [4.69, 9.17) is 15.1 Å². The van der Waals surface area contributed by atoms with Crippen LogP contribution in [-0.2, 0) is 11.2 Å². The van der Waals surface area contributed by atoms with E-state index in [1.165, 1.54) is 11.8 Å². The Hall–Kier alpha value is -2.01. The van der Waals surface area contributed by atoms with Gasteiger partial charge in [0.25, 0.3) is 0 Å². The van der Waals surface area contributed by atoms with Crippen LogP contribution in [0.2, 0.25) is 6.32 Å². The van der Waals surface area contributed by atoms with E-state index in [1.807, 2.05) is 0 Å². The molecule has 9 nitrogen and oxygen atoms in total. The molecule has 27 heavy (non-hydrogen) atoms. The highest BCUT2D eigenvalue weighted by atomic mass is 35.5. The van der Waals surface area contributed by atoms with Crippen LogP contribution in [-0.4, -0.2) is 70.5 Å². The molecule has 2 heterocycles. The van der Waals surface area contributed by atoms with E-state index in [2.05, 4.69) is 0 Å². The number of benzene rings is 1. The summed E-state index contributed by atoms with van der Waals surface area (Å²) in [6.45, 7) is 1.94. The number of aliphatic hydroxyl groups is 1. The highest BCUT2D eigenvalue weighted by Gasteiger charge is 2.37. The fourth-order valence-corrected chi connectivity index (χ4v) is 3.00. The molecule has 0 radical (unpaired) electrons. The van der Waals surface area contributed by atoms with Gasteiger partial charge in [-0.2, -0.15) is 0 Å². The number of nitrogens with zero attached hydrogens (tertiary/aromatic N) is 1. The van der Waals surface area contributed by atoms with Crippen LogP contribution in [0, 0.1) is 0 Å². The molecule has 1 saturated heterocycles. The lowest BCUT2D eigenvalue weighted by molar-refractivity contribution is -0.143. The van der Waals surface area contributed by atoms with Gasteiger partial charge in [-0.25, -0.2) is 4.79 Å². The maximum atomic E-state index is 12.0. The molecule has 148 valence electrons. The van der Waals surface area contributed by atoms with Crippen LogP contribution in [0.4, 0.5) is 0 Å². The number of fused-ring (bicyclic) bond motifs is 1. The summed E-state index contributed by atoms with van der Waals surface area (Å²) in [5.74, 6) is -1.34. The predicted octanol–water partition coefficient (Wildman–Crippen LogP) is -0.480. The Bertz CT molecular complexity index is 727. The Morgan fingerprint density at radius 2 is 2.07 bits per heavy atom. The van der Waals surface area contributed by atoms with Crippen molar-refractivity contribution in [1.29, 1.82) is 0 Å². The number of ether oxygens (including phenoxy) is 1. The predicted molar refractivity (Wildman–Crippen MR) is 98.4 cm³/mol. The van der Waals surface area contributed by atoms with Crippen molar-refractivity contribution >= 4 is 31.4 Å². The van der Waals surface area contributed by atoms with Crippen LogP contribution in [0.3, 0.4) is 0 Å². The van der Waals surface area contributed by atoms with E-state index in [-0.39, 0.29) is 54.6 Å². The lowest BCUT2D eigenvalue weighted by Gasteiger charge is -2.40. The number of carbonyl (C=O) groups is 2. The first-order valence-electron chi connectivity index (χ1n) is 8.41. The maximum absolute atomic E-state index is 12.0. The second kappa shape index (κ2) is 8.34. The summed E-state index contributed by atoms with van der Waals surface area (Å²) in [6.07, 6.45) is -0.426. The molecule has 3 rings (SSSR count). The molecule has 2 aliphatic heterocycles. The van der Waals surface area contributed by atoms with Gasteiger partial charge in [0.15, 0.2) is 0 Å². The molecule has 11 heteroatoms. The van der Waals surface area contributed by atoms with Gasteiger partial charge in [0.2, 0.25) is 5.91 Å². The third-order valence-corrected chi connectivity index (χ3v) is 4.59. The molecular weight excluding hydrogens is 378 g/mol. The fourth-order valence-electron chi connectivity index (χ4n) is 3.00. The lowest BCUT2D eigenvalue weighted by atomic mass is 9.78. The normalized spacial score (nSPS) is 18.4. The van der Waals surface area contributed by atoms with Gasteiger partial charge in [-0.3, -0.25) is 4.79 Å². The SMILES string of the molecule is CC(O)C(N)C(=O)N1CC(Oc2ccc3c(c2C(=O)O)OB(O)CC3)C1.Cl. The van der Waals surface area contributed by atoms with Gasteiger partial charge in [-0.1, -0.05) is 6.07 Å². The number of hydrogen-bond donors (Lipinski definition) is 4. The molecule has 2 atom stereocenters. The van der Waals surface area contributed by atoms with Crippen molar-refractivity contribution in [3.05, 3.63) is 23.3 Å². The Labute approximate surface area is 162 Å².